The van der Waals surface area contributed by atoms with E-state index >= 15 is 0 Å². The molecule has 0 radical (unpaired) electrons. The lowest BCUT2D eigenvalue weighted by atomic mass is 9.99. The summed E-state index contributed by atoms with van der Waals surface area (Å²) in [6.07, 6.45) is 8.06. The van der Waals surface area contributed by atoms with Gasteiger partial charge in [-0.15, -0.1) is 0 Å². The Kier molecular flexibility index (Phi) is 7.08. The van der Waals surface area contributed by atoms with Crippen molar-refractivity contribution in [2.24, 2.45) is 5.84 Å². The number of hydrogen-bond acceptors (Lipinski definition) is 3. The smallest absolute Gasteiger partial charge is 0.0341 e. The second-order valence-electron chi connectivity index (χ2n) is 6.56. The maximum atomic E-state index is 5.75. The highest BCUT2D eigenvalue weighted by atomic mass is 32.2. The molecule has 1 aromatic carbocycles. The molecule has 1 fully saturated rings. The van der Waals surface area contributed by atoms with Crippen LogP contribution in [0.25, 0.3) is 0 Å². The van der Waals surface area contributed by atoms with Gasteiger partial charge in [0.2, 0.25) is 0 Å². The van der Waals surface area contributed by atoms with Gasteiger partial charge >= 0.3 is 0 Å². The second kappa shape index (κ2) is 8.82. The van der Waals surface area contributed by atoms with Gasteiger partial charge in [0.15, 0.2) is 0 Å². The Morgan fingerprint density at radius 2 is 1.81 bits per heavy atom. The van der Waals surface area contributed by atoms with Gasteiger partial charge in [0.1, 0.15) is 0 Å². The number of hydrogen-bond donors (Lipinski definition) is 2. The molecule has 0 saturated heterocycles. The molecular weight excluding hydrogens is 276 g/mol. The lowest BCUT2D eigenvalue weighted by molar-refractivity contribution is 0.513. The van der Waals surface area contributed by atoms with Crippen LogP contribution in [0.3, 0.4) is 0 Å². The minimum absolute atomic E-state index is 0.377. The molecule has 2 rings (SSSR count). The van der Waals surface area contributed by atoms with E-state index in [0.717, 1.165) is 17.4 Å². The molecule has 1 aliphatic rings. The van der Waals surface area contributed by atoms with E-state index in [1.165, 1.54) is 43.2 Å². The number of nitrogens with two attached hydrogens (primary N) is 1. The van der Waals surface area contributed by atoms with Crippen LogP contribution in [0.1, 0.15) is 63.0 Å². The zero-order valence-corrected chi connectivity index (χ0v) is 14.3. The average Bonchev–Trinajstić information content (AvgIpc) is 2.53. The van der Waals surface area contributed by atoms with Crippen molar-refractivity contribution in [3.63, 3.8) is 0 Å². The van der Waals surface area contributed by atoms with E-state index in [4.69, 9.17) is 5.84 Å². The average molecular weight is 307 g/mol. The van der Waals surface area contributed by atoms with Crippen LogP contribution in [0.2, 0.25) is 0 Å². The Balaban J connectivity index is 1.80. The maximum Gasteiger partial charge on any atom is 0.0341 e. The molecule has 0 spiro atoms. The minimum Gasteiger partial charge on any atom is -0.271 e. The summed E-state index contributed by atoms with van der Waals surface area (Å²) in [4.78, 5) is 0. The zero-order valence-electron chi connectivity index (χ0n) is 13.5. The van der Waals surface area contributed by atoms with Crippen molar-refractivity contribution in [1.82, 2.24) is 5.43 Å². The Morgan fingerprint density at radius 3 is 2.38 bits per heavy atom. The lowest BCUT2D eigenvalue weighted by Crippen LogP contribution is -2.39. The fourth-order valence-corrected chi connectivity index (χ4v) is 4.36. The number of nitrogens with one attached hydrogen (secondary N) is 1. The molecule has 0 bridgehead atoms. The quantitative estimate of drug-likeness (QED) is 0.584. The largest absolute Gasteiger partial charge is 0.271 e. The summed E-state index contributed by atoms with van der Waals surface area (Å²) in [5, 5.41) is 0.859. The molecule has 1 saturated carbocycles. The van der Waals surface area contributed by atoms with Crippen molar-refractivity contribution in [3.05, 3.63) is 35.4 Å². The summed E-state index contributed by atoms with van der Waals surface area (Å²) in [5.74, 6) is 7.47. The Bertz CT molecular complexity index is 396. The minimum atomic E-state index is 0.377. The van der Waals surface area contributed by atoms with Crippen LogP contribution in [0.15, 0.2) is 24.3 Å². The lowest BCUT2D eigenvalue weighted by Gasteiger charge is -2.24. The van der Waals surface area contributed by atoms with Crippen molar-refractivity contribution in [2.45, 2.75) is 69.6 Å². The summed E-state index contributed by atoms with van der Waals surface area (Å²) in [7, 11) is 0. The molecule has 0 heterocycles. The van der Waals surface area contributed by atoms with Crippen LogP contribution < -0.4 is 11.3 Å². The normalized spacial score (nSPS) is 18.1. The number of benzene rings is 1. The molecule has 3 N–H and O–H groups in total. The van der Waals surface area contributed by atoms with Crippen LogP contribution in [0.5, 0.6) is 0 Å². The van der Waals surface area contributed by atoms with Gasteiger partial charge in [-0.1, -0.05) is 57.4 Å². The van der Waals surface area contributed by atoms with Crippen molar-refractivity contribution in [3.8, 4) is 0 Å². The van der Waals surface area contributed by atoms with Crippen molar-refractivity contribution >= 4 is 11.8 Å². The summed E-state index contributed by atoms with van der Waals surface area (Å²) in [5.41, 5.74) is 5.80. The molecule has 1 aromatic rings. The highest BCUT2D eigenvalue weighted by Crippen LogP contribution is 2.28. The third-order valence-corrected chi connectivity index (χ3v) is 5.99. The molecule has 1 aliphatic carbocycles. The molecule has 0 aromatic heterocycles. The SMILES string of the molecule is CC(C)c1ccc(CC(CSC2CCCCC2)NN)cc1. The number of hydrazine groups is 1. The molecule has 0 amide bonds. The van der Waals surface area contributed by atoms with Gasteiger partial charge in [0.05, 0.1) is 0 Å². The van der Waals surface area contributed by atoms with Crippen molar-refractivity contribution in [2.75, 3.05) is 5.75 Å². The monoisotopic (exact) mass is 306 g/mol. The van der Waals surface area contributed by atoms with Crippen LogP contribution in [0, 0.1) is 0 Å². The fourth-order valence-electron chi connectivity index (χ4n) is 2.97. The van der Waals surface area contributed by atoms with Crippen LogP contribution in [0.4, 0.5) is 0 Å². The van der Waals surface area contributed by atoms with E-state index in [9.17, 15) is 0 Å². The molecule has 1 atom stereocenters. The summed E-state index contributed by atoms with van der Waals surface area (Å²) in [6, 6.07) is 9.39. The standard InChI is InChI=1S/C18H30N2S/c1-14(2)16-10-8-15(9-11-16)12-17(20-19)13-21-18-6-4-3-5-7-18/h8-11,14,17-18,20H,3-7,12-13,19H2,1-2H3. The van der Waals surface area contributed by atoms with Crippen LogP contribution in [-0.4, -0.2) is 17.0 Å². The second-order valence-corrected chi connectivity index (χ2v) is 7.89. The molecular formula is C18H30N2S. The summed E-state index contributed by atoms with van der Waals surface area (Å²) >= 11 is 2.11. The summed E-state index contributed by atoms with van der Waals surface area (Å²) in [6.45, 7) is 4.47. The van der Waals surface area contributed by atoms with E-state index < -0.39 is 0 Å². The third kappa shape index (κ3) is 5.65. The third-order valence-electron chi connectivity index (χ3n) is 4.45. The van der Waals surface area contributed by atoms with E-state index in [1.807, 2.05) is 0 Å². The van der Waals surface area contributed by atoms with Crippen LogP contribution in [-0.2, 0) is 6.42 Å². The van der Waals surface area contributed by atoms with Gasteiger partial charge in [-0.3, -0.25) is 11.3 Å². The van der Waals surface area contributed by atoms with Crippen molar-refractivity contribution in [1.29, 1.82) is 0 Å². The fraction of sp³-hybridized carbons (Fsp3) is 0.667. The van der Waals surface area contributed by atoms with Gasteiger partial charge in [0, 0.05) is 17.0 Å². The van der Waals surface area contributed by atoms with E-state index in [-0.39, 0.29) is 0 Å². The zero-order chi connectivity index (χ0) is 15.1. The molecule has 0 aliphatic heterocycles. The van der Waals surface area contributed by atoms with Gasteiger partial charge in [0.25, 0.3) is 0 Å². The Hall–Kier alpha value is -0.510. The molecule has 21 heavy (non-hydrogen) atoms. The van der Waals surface area contributed by atoms with Crippen molar-refractivity contribution < 1.29 is 0 Å². The van der Waals surface area contributed by atoms with Gasteiger partial charge < -0.3 is 0 Å². The maximum absolute atomic E-state index is 5.75. The molecule has 3 heteroatoms. The van der Waals surface area contributed by atoms with Gasteiger partial charge in [-0.2, -0.15) is 11.8 Å². The first-order valence-electron chi connectivity index (χ1n) is 8.35. The highest BCUT2D eigenvalue weighted by Gasteiger charge is 2.16. The highest BCUT2D eigenvalue weighted by molar-refractivity contribution is 7.99. The Labute approximate surface area is 134 Å². The number of thioether (sulfide) groups is 1. The first kappa shape index (κ1) is 16.9. The first-order chi connectivity index (χ1) is 10.2. The van der Waals surface area contributed by atoms with Crippen LogP contribution >= 0.6 is 11.8 Å². The molecule has 118 valence electrons. The van der Waals surface area contributed by atoms with E-state index in [2.05, 4.69) is 55.3 Å². The van der Waals surface area contributed by atoms with Gasteiger partial charge in [-0.25, -0.2) is 0 Å². The van der Waals surface area contributed by atoms with E-state index in [1.54, 1.807) is 0 Å². The van der Waals surface area contributed by atoms with E-state index in [0.29, 0.717) is 12.0 Å². The number of rotatable bonds is 7. The predicted molar refractivity (Wildman–Crippen MR) is 94.7 cm³/mol. The molecule has 1 unspecified atom stereocenters. The topological polar surface area (TPSA) is 38.0 Å². The molecule has 2 nitrogen and oxygen atoms in total. The first-order valence-corrected chi connectivity index (χ1v) is 9.40. The predicted octanol–water partition coefficient (Wildman–Crippen LogP) is 4.25. The Morgan fingerprint density at radius 1 is 1.14 bits per heavy atom. The summed E-state index contributed by atoms with van der Waals surface area (Å²) < 4.78 is 0. The van der Waals surface area contributed by atoms with Gasteiger partial charge in [-0.05, 0) is 36.3 Å².